The topological polar surface area (TPSA) is 98.3 Å². The fourth-order valence-electron chi connectivity index (χ4n) is 1.89. The number of carbonyl (C=O) groups excluding carboxylic acids is 1. The number of aryl methyl sites for hydroxylation is 2. The molecular weight excluding hydrogens is 286 g/mol. The van der Waals surface area contributed by atoms with Gasteiger partial charge in [0.2, 0.25) is 11.7 Å². The van der Waals surface area contributed by atoms with Crippen molar-refractivity contribution in [1.29, 1.82) is 0 Å². The van der Waals surface area contributed by atoms with Crippen LogP contribution in [0.4, 0.5) is 5.69 Å². The number of benzene rings is 1. The van der Waals surface area contributed by atoms with Gasteiger partial charge in [-0.05, 0) is 19.1 Å². The molecule has 2 aromatic rings. The largest absolute Gasteiger partial charge is 0.493 e. The van der Waals surface area contributed by atoms with Crippen LogP contribution in [0.3, 0.4) is 0 Å². The minimum atomic E-state index is -0.693. The first-order chi connectivity index (χ1) is 9.32. The highest BCUT2D eigenvalue weighted by Gasteiger charge is 2.27. The number of halogens is 1. The molecule has 0 fully saturated rings. The third-order valence-electron chi connectivity index (χ3n) is 2.82. The molecule has 20 heavy (non-hydrogen) atoms. The fourth-order valence-corrected chi connectivity index (χ4v) is 2.06. The number of nitrogens with zero attached hydrogens (tertiary/aromatic N) is 3. The Kier molecular flexibility index (Phi) is 3.46. The average Bonchev–Trinajstić information content (AvgIpc) is 2.62. The third kappa shape index (κ3) is 2.23. The van der Waals surface area contributed by atoms with Crippen LogP contribution in [0.1, 0.15) is 21.6 Å². The van der Waals surface area contributed by atoms with Crippen molar-refractivity contribution < 1.29 is 14.8 Å². The van der Waals surface area contributed by atoms with Gasteiger partial charge in [0.25, 0.3) is 5.69 Å². The molecule has 0 unspecified atom stereocenters. The van der Waals surface area contributed by atoms with E-state index < -0.39 is 16.4 Å². The monoisotopic (exact) mass is 295 g/mol. The van der Waals surface area contributed by atoms with Crippen LogP contribution in [0.15, 0.2) is 18.2 Å². The van der Waals surface area contributed by atoms with E-state index in [1.165, 1.54) is 26.1 Å². The number of ketones is 1. The summed E-state index contributed by atoms with van der Waals surface area (Å²) in [6.07, 6.45) is 0. The van der Waals surface area contributed by atoms with Crippen molar-refractivity contribution in [3.8, 4) is 5.88 Å². The Labute approximate surface area is 118 Å². The van der Waals surface area contributed by atoms with E-state index in [1.807, 2.05) is 0 Å². The molecule has 1 aromatic heterocycles. The van der Waals surface area contributed by atoms with Gasteiger partial charge in [0.05, 0.1) is 10.6 Å². The summed E-state index contributed by atoms with van der Waals surface area (Å²) in [6.45, 7) is 1.54. The molecule has 0 atom stereocenters. The quantitative estimate of drug-likeness (QED) is 0.532. The Morgan fingerprint density at radius 3 is 2.65 bits per heavy atom. The lowest BCUT2D eigenvalue weighted by Gasteiger charge is -2.03. The van der Waals surface area contributed by atoms with Crippen molar-refractivity contribution in [3.05, 3.63) is 50.2 Å². The summed E-state index contributed by atoms with van der Waals surface area (Å²) in [7, 11) is 1.47. The van der Waals surface area contributed by atoms with E-state index in [0.29, 0.717) is 5.69 Å². The lowest BCUT2D eigenvalue weighted by atomic mass is 10.0. The zero-order valence-corrected chi connectivity index (χ0v) is 11.4. The maximum absolute atomic E-state index is 12.4. The van der Waals surface area contributed by atoms with Crippen LogP contribution in [0, 0.1) is 17.0 Å². The number of nitro benzene ring substituents is 1. The average molecular weight is 296 g/mol. The van der Waals surface area contributed by atoms with Crippen molar-refractivity contribution in [2.24, 2.45) is 7.05 Å². The molecule has 8 heteroatoms. The van der Waals surface area contributed by atoms with Crippen LogP contribution in [-0.2, 0) is 7.05 Å². The number of aromatic nitrogens is 2. The van der Waals surface area contributed by atoms with Gasteiger partial charge in [-0.15, -0.1) is 0 Å². The molecule has 1 aromatic carbocycles. The van der Waals surface area contributed by atoms with Gasteiger partial charge in [-0.2, -0.15) is 5.10 Å². The Hall–Kier alpha value is -2.41. The highest BCUT2D eigenvalue weighted by molar-refractivity contribution is 6.31. The molecule has 0 aliphatic heterocycles. The van der Waals surface area contributed by atoms with Crippen LogP contribution in [0.25, 0.3) is 0 Å². The van der Waals surface area contributed by atoms with Gasteiger partial charge in [0.15, 0.2) is 0 Å². The summed E-state index contributed by atoms with van der Waals surface area (Å²) in [4.78, 5) is 22.7. The van der Waals surface area contributed by atoms with Gasteiger partial charge in [-0.3, -0.25) is 14.9 Å². The summed E-state index contributed by atoms with van der Waals surface area (Å²) in [5.74, 6) is -1.01. The first kappa shape index (κ1) is 14.0. The molecule has 0 saturated carbocycles. The fraction of sp³-hybridized carbons (Fsp3) is 0.167. The van der Waals surface area contributed by atoms with Crippen LogP contribution in [-0.4, -0.2) is 25.6 Å². The van der Waals surface area contributed by atoms with E-state index >= 15 is 0 Å². The van der Waals surface area contributed by atoms with Gasteiger partial charge < -0.3 is 5.11 Å². The first-order valence-corrected chi connectivity index (χ1v) is 5.92. The third-order valence-corrected chi connectivity index (χ3v) is 3.06. The molecule has 0 aliphatic rings. The zero-order valence-electron chi connectivity index (χ0n) is 10.6. The molecular formula is C12H10ClN3O4. The second kappa shape index (κ2) is 4.93. The normalized spacial score (nSPS) is 10.6. The van der Waals surface area contributed by atoms with Crippen LogP contribution in [0.2, 0.25) is 5.02 Å². The Morgan fingerprint density at radius 1 is 1.50 bits per heavy atom. The SMILES string of the molecule is Cc1nn(C)c(O)c1C(=O)c1ccc(Cl)cc1[N+](=O)[O-]. The predicted molar refractivity (Wildman–Crippen MR) is 71.1 cm³/mol. The Morgan fingerprint density at radius 2 is 2.15 bits per heavy atom. The summed E-state index contributed by atoms with van der Waals surface area (Å²) >= 11 is 5.70. The van der Waals surface area contributed by atoms with Gasteiger partial charge >= 0.3 is 0 Å². The lowest BCUT2D eigenvalue weighted by molar-refractivity contribution is -0.385. The molecule has 2 rings (SSSR count). The number of aromatic hydroxyl groups is 1. The summed E-state index contributed by atoms with van der Waals surface area (Å²) in [5.41, 5.74) is -0.326. The molecule has 1 N–H and O–H groups in total. The summed E-state index contributed by atoms with van der Waals surface area (Å²) in [6, 6.07) is 3.73. The lowest BCUT2D eigenvalue weighted by Crippen LogP contribution is -2.06. The molecule has 0 bridgehead atoms. The van der Waals surface area contributed by atoms with Gasteiger partial charge in [-0.1, -0.05) is 11.6 Å². The van der Waals surface area contributed by atoms with Crippen molar-refractivity contribution >= 4 is 23.1 Å². The van der Waals surface area contributed by atoms with E-state index in [1.54, 1.807) is 0 Å². The summed E-state index contributed by atoms with van der Waals surface area (Å²) in [5, 5.41) is 24.9. The number of hydrogen-bond donors (Lipinski definition) is 1. The second-order valence-corrected chi connectivity index (χ2v) is 4.59. The van der Waals surface area contributed by atoms with E-state index in [9.17, 15) is 20.0 Å². The van der Waals surface area contributed by atoms with Crippen molar-refractivity contribution in [3.63, 3.8) is 0 Å². The number of hydrogen-bond acceptors (Lipinski definition) is 5. The maximum Gasteiger partial charge on any atom is 0.282 e. The number of carbonyl (C=O) groups is 1. The van der Waals surface area contributed by atoms with E-state index in [0.717, 1.165) is 10.7 Å². The van der Waals surface area contributed by atoms with Crippen molar-refractivity contribution in [2.45, 2.75) is 6.92 Å². The van der Waals surface area contributed by atoms with Crippen molar-refractivity contribution in [2.75, 3.05) is 0 Å². The van der Waals surface area contributed by atoms with Crippen molar-refractivity contribution in [1.82, 2.24) is 9.78 Å². The number of nitro groups is 1. The minimum absolute atomic E-state index is 0.0575. The number of rotatable bonds is 3. The Balaban J connectivity index is 2.62. The molecule has 1 heterocycles. The van der Waals surface area contributed by atoms with Gasteiger partial charge in [-0.25, -0.2) is 4.68 Å². The zero-order chi connectivity index (χ0) is 15.0. The van der Waals surface area contributed by atoms with Crippen LogP contribution < -0.4 is 0 Å². The van der Waals surface area contributed by atoms with Crippen LogP contribution in [0.5, 0.6) is 5.88 Å². The van der Waals surface area contributed by atoms with E-state index in [4.69, 9.17) is 11.6 Å². The summed E-state index contributed by atoms with van der Waals surface area (Å²) < 4.78 is 1.13. The highest BCUT2D eigenvalue weighted by Crippen LogP contribution is 2.29. The maximum atomic E-state index is 12.4. The molecule has 7 nitrogen and oxygen atoms in total. The Bertz CT molecular complexity index is 724. The molecule has 0 saturated heterocycles. The first-order valence-electron chi connectivity index (χ1n) is 5.54. The predicted octanol–water partition coefficient (Wildman–Crippen LogP) is 2.23. The van der Waals surface area contributed by atoms with E-state index in [-0.39, 0.29) is 22.0 Å². The second-order valence-electron chi connectivity index (χ2n) is 4.16. The highest BCUT2D eigenvalue weighted by atomic mass is 35.5. The molecule has 0 amide bonds. The smallest absolute Gasteiger partial charge is 0.282 e. The minimum Gasteiger partial charge on any atom is -0.493 e. The molecule has 0 spiro atoms. The van der Waals surface area contributed by atoms with Gasteiger partial charge in [0, 0.05) is 18.1 Å². The standard InChI is InChI=1S/C12H10ClN3O4/c1-6-10(12(18)15(2)14-6)11(17)8-4-3-7(13)5-9(8)16(19)20/h3-5,18H,1-2H3. The van der Waals surface area contributed by atoms with E-state index in [2.05, 4.69) is 5.10 Å². The molecule has 0 aliphatic carbocycles. The molecule has 104 valence electrons. The molecule has 0 radical (unpaired) electrons. The van der Waals surface area contributed by atoms with Crippen LogP contribution >= 0.6 is 11.6 Å². The van der Waals surface area contributed by atoms with Gasteiger partial charge in [0.1, 0.15) is 11.1 Å².